The van der Waals surface area contributed by atoms with Crippen LogP contribution in [0.2, 0.25) is 0 Å². The fraction of sp³-hybridized carbons (Fsp3) is 0.500. The van der Waals surface area contributed by atoms with Crippen LogP contribution in [0.15, 0.2) is 18.2 Å². The van der Waals surface area contributed by atoms with Crippen molar-refractivity contribution in [3.05, 3.63) is 29.3 Å². The van der Waals surface area contributed by atoms with Gasteiger partial charge in [-0.15, -0.1) is 0 Å². The Morgan fingerprint density at radius 1 is 1.43 bits per heavy atom. The molecule has 0 atom stereocenters. The van der Waals surface area contributed by atoms with Gasteiger partial charge in [0.15, 0.2) is 0 Å². The lowest BCUT2D eigenvalue weighted by molar-refractivity contribution is -0.119. The maximum Gasteiger partial charge on any atom is 0.239 e. The van der Waals surface area contributed by atoms with Crippen molar-refractivity contribution >= 4 is 11.6 Å². The van der Waals surface area contributed by atoms with E-state index in [9.17, 15) is 10.1 Å². The highest BCUT2D eigenvalue weighted by Crippen LogP contribution is 2.20. The minimum atomic E-state index is -0.0796. The first kappa shape index (κ1) is 17.0. The van der Waals surface area contributed by atoms with Crippen molar-refractivity contribution < 1.29 is 4.79 Å². The molecule has 0 aromatic heterocycles. The summed E-state index contributed by atoms with van der Waals surface area (Å²) in [6.45, 7) is 6.23. The minimum absolute atomic E-state index is 0.0796. The fourth-order valence-corrected chi connectivity index (χ4v) is 2.00. The molecule has 0 aliphatic heterocycles. The molecule has 0 aliphatic rings. The third kappa shape index (κ3) is 5.44. The predicted molar refractivity (Wildman–Crippen MR) is 85.0 cm³/mol. The Bertz CT molecular complexity index is 519. The zero-order valence-electron chi connectivity index (χ0n) is 13.2. The maximum atomic E-state index is 11.4. The largest absolute Gasteiger partial charge is 0.364 e. The molecule has 1 aromatic rings. The van der Waals surface area contributed by atoms with Crippen LogP contribution in [0.1, 0.15) is 25.0 Å². The van der Waals surface area contributed by atoms with Crippen LogP contribution in [0.4, 0.5) is 5.69 Å². The van der Waals surface area contributed by atoms with Gasteiger partial charge in [-0.3, -0.25) is 4.79 Å². The zero-order valence-corrected chi connectivity index (χ0v) is 13.2. The fourth-order valence-electron chi connectivity index (χ4n) is 2.00. The van der Waals surface area contributed by atoms with Crippen molar-refractivity contribution in [2.75, 3.05) is 32.1 Å². The van der Waals surface area contributed by atoms with Crippen LogP contribution in [0.25, 0.3) is 0 Å². The average Bonchev–Trinajstić information content (AvgIpc) is 2.46. The van der Waals surface area contributed by atoms with E-state index in [0.717, 1.165) is 24.3 Å². The van der Waals surface area contributed by atoms with E-state index in [1.54, 1.807) is 11.9 Å². The van der Waals surface area contributed by atoms with E-state index in [2.05, 4.69) is 30.6 Å². The van der Waals surface area contributed by atoms with Gasteiger partial charge in [0.05, 0.1) is 17.8 Å². The van der Waals surface area contributed by atoms with Crippen LogP contribution in [0, 0.1) is 17.2 Å². The van der Waals surface area contributed by atoms with E-state index in [-0.39, 0.29) is 12.5 Å². The number of hydrogen-bond acceptors (Lipinski definition) is 4. The molecule has 5 heteroatoms. The minimum Gasteiger partial charge on any atom is -0.364 e. The summed E-state index contributed by atoms with van der Waals surface area (Å²) in [6, 6.07) is 7.97. The second-order valence-corrected chi connectivity index (χ2v) is 5.52. The van der Waals surface area contributed by atoms with Crippen molar-refractivity contribution in [3.8, 4) is 6.07 Å². The van der Waals surface area contributed by atoms with Crippen molar-refractivity contribution in [1.29, 1.82) is 5.26 Å². The third-order valence-electron chi connectivity index (χ3n) is 3.13. The van der Waals surface area contributed by atoms with Crippen LogP contribution in [-0.2, 0) is 11.3 Å². The summed E-state index contributed by atoms with van der Waals surface area (Å²) in [4.78, 5) is 13.2. The summed E-state index contributed by atoms with van der Waals surface area (Å²) >= 11 is 0. The van der Waals surface area contributed by atoms with Gasteiger partial charge >= 0.3 is 0 Å². The molecular formula is C16H24N4O. The standard InChI is InChI=1S/C16H24N4O/c1-12(2)9-19-10-13-5-6-15(14(7-13)8-17)20(4)11-16(21)18-3/h5-7,12,19H,9-11H2,1-4H3,(H,18,21). The van der Waals surface area contributed by atoms with Crippen LogP contribution in [-0.4, -0.2) is 33.1 Å². The number of nitrogens with one attached hydrogen (secondary N) is 2. The molecule has 2 N–H and O–H groups in total. The average molecular weight is 288 g/mol. The Kier molecular flexibility index (Phi) is 6.70. The maximum absolute atomic E-state index is 11.4. The quantitative estimate of drug-likeness (QED) is 0.797. The summed E-state index contributed by atoms with van der Waals surface area (Å²) in [5.74, 6) is 0.516. The lowest BCUT2D eigenvalue weighted by Crippen LogP contribution is -2.33. The number of likely N-dealkylation sites (N-methyl/N-ethyl adjacent to an activating group) is 2. The highest BCUT2D eigenvalue weighted by molar-refractivity contribution is 5.81. The van der Waals surface area contributed by atoms with Crippen LogP contribution in [0.3, 0.4) is 0 Å². The smallest absolute Gasteiger partial charge is 0.239 e. The molecule has 0 heterocycles. The topological polar surface area (TPSA) is 68.2 Å². The molecule has 1 amide bonds. The summed E-state index contributed by atoms with van der Waals surface area (Å²) in [7, 11) is 3.41. The van der Waals surface area contributed by atoms with Gasteiger partial charge in [0, 0.05) is 20.6 Å². The first-order valence-electron chi connectivity index (χ1n) is 7.13. The SMILES string of the molecule is CNC(=O)CN(C)c1ccc(CNCC(C)C)cc1C#N. The second kappa shape index (κ2) is 8.28. The van der Waals surface area contributed by atoms with Crippen molar-refractivity contribution in [2.45, 2.75) is 20.4 Å². The van der Waals surface area contributed by atoms with Gasteiger partial charge < -0.3 is 15.5 Å². The first-order chi connectivity index (χ1) is 9.97. The van der Waals surface area contributed by atoms with E-state index in [0.29, 0.717) is 11.5 Å². The van der Waals surface area contributed by atoms with E-state index in [1.807, 2.05) is 25.2 Å². The first-order valence-corrected chi connectivity index (χ1v) is 7.13. The number of benzene rings is 1. The lowest BCUT2D eigenvalue weighted by Gasteiger charge is -2.20. The molecule has 21 heavy (non-hydrogen) atoms. The molecule has 0 aliphatic carbocycles. The number of carbonyl (C=O) groups excluding carboxylic acids is 1. The molecule has 0 unspecified atom stereocenters. The number of nitriles is 1. The lowest BCUT2D eigenvalue weighted by atomic mass is 10.1. The molecular weight excluding hydrogens is 264 g/mol. The second-order valence-electron chi connectivity index (χ2n) is 5.52. The van der Waals surface area contributed by atoms with E-state index in [4.69, 9.17) is 0 Å². The zero-order chi connectivity index (χ0) is 15.8. The molecule has 114 valence electrons. The number of rotatable bonds is 7. The van der Waals surface area contributed by atoms with Gasteiger partial charge in [0.25, 0.3) is 0 Å². The van der Waals surface area contributed by atoms with Crippen LogP contribution < -0.4 is 15.5 Å². The predicted octanol–water partition coefficient (Wildman–Crippen LogP) is 1.49. The molecule has 0 bridgehead atoms. The molecule has 0 saturated carbocycles. The number of nitrogens with zero attached hydrogens (tertiary/aromatic N) is 2. The van der Waals surface area contributed by atoms with Gasteiger partial charge in [-0.25, -0.2) is 0 Å². The van der Waals surface area contributed by atoms with Crippen LogP contribution in [0.5, 0.6) is 0 Å². The molecule has 0 radical (unpaired) electrons. The molecule has 0 spiro atoms. The Morgan fingerprint density at radius 2 is 2.14 bits per heavy atom. The van der Waals surface area contributed by atoms with Crippen LogP contribution >= 0.6 is 0 Å². The number of amides is 1. The van der Waals surface area contributed by atoms with Crippen molar-refractivity contribution in [1.82, 2.24) is 10.6 Å². The van der Waals surface area contributed by atoms with Gasteiger partial charge in [-0.2, -0.15) is 5.26 Å². The summed E-state index contributed by atoms with van der Waals surface area (Å²) in [6.07, 6.45) is 0. The number of anilines is 1. The molecule has 1 rings (SSSR count). The third-order valence-corrected chi connectivity index (χ3v) is 3.13. The summed E-state index contributed by atoms with van der Waals surface area (Å²) in [5, 5.41) is 15.2. The number of carbonyl (C=O) groups is 1. The monoisotopic (exact) mass is 288 g/mol. The summed E-state index contributed by atoms with van der Waals surface area (Å²) in [5.41, 5.74) is 2.43. The van der Waals surface area contributed by atoms with Gasteiger partial charge in [0.1, 0.15) is 6.07 Å². The van der Waals surface area contributed by atoms with E-state index in [1.165, 1.54) is 0 Å². The Balaban J connectivity index is 2.79. The van der Waals surface area contributed by atoms with Gasteiger partial charge in [0.2, 0.25) is 5.91 Å². The molecule has 1 aromatic carbocycles. The van der Waals surface area contributed by atoms with Gasteiger partial charge in [-0.1, -0.05) is 19.9 Å². The van der Waals surface area contributed by atoms with E-state index >= 15 is 0 Å². The van der Waals surface area contributed by atoms with Crippen molar-refractivity contribution in [2.24, 2.45) is 5.92 Å². The normalized spacial score (nSPS) is 10.3. The Hall–Kier alpha value is -2.06. The van der Waals surface area contributed by atoms with E-state index < -0.39 is 0 Å². The van der Waals surface area contributed by atoms with Crippen molar-refractivity contribution in [3.63, 3.8) is 0 Å². The highest BCUT2D eigenvalue weighted by atomic mass is 16.1. The summed E-state index contributed by atoms with van der Waals surface area (Å²) < 4.78 is 0. The van der Waals surface area contributed by atoms with Gasteiger partial charge in [-0.05, 0) is 30.2 Å². The molecule has 0 fully saturated rings. The Morgan fingerprint density at radius 3 is 2.71 bits per heavy atom. The number of hydrogen-bond donors (Lipinski definition) is 2. The molecule has 0 saturated heterocycles. The molecule has 5 nitrogen and oxygen atoms in total. The highest BCUT2D eigenvalue weighted by Gasteiger charge is 2.11. The Labute approximate surface area is 126 Å².